The van der Waals surface area contributed by atoms with Gasteiger partial charge in [0.2, 0.25) is 0 Å². The maximum absolute atomic E-state index is 12.6. The largest absolute Gasteiger partial charge is 0.497 e. The van der Waals surface area contributed by atoms with Gasteiger partial charge in [0.25, 0.3) is 11.8 Å². The van der Waals surface area contributed by atoms with Gasteiger partial charge in [-0.2, -0.15) is 0 Å². The molecule has 0 aliphatic rings. The predicted octanol–water partition coefficient (Wildman–Crippen LogP) is 4.94. The van der Waals surface area contributed by atoms with E-state index >= 15 is 0 Å². The average molecular weight is 453 g/mol. The fourth-order valence-corrected chi connectivity index (χ4v) is 4.83. The first-order valence-electron chi connectivity index (χ1n) is 9.37. The van der Waals surface area contributed by atoms with Crippen molar-refractivity contribution in [2.45, 2.75) is 0 Å². The number of thiophene rings is 1. The molecule has 4 aromatic rings. The monoisotopic (exact) mass is 452 g/mol. The molecule has 0 aliphatic carbocycles. The second-order valence-corrected chi connectivity index (χ2v) is 8.92. The molecule has 2 amide bonds. The van der Waals surface area contributed by atoms with Crippen LogP contribution in [0.4, 0.5) is 16.5 Å². The van der Waals surface area contributed by atoms with E-state index in [1.165, 1.54) is 11.3 Å². The lowest BCUT2D eigenvalue weighted by Crippen LogP contribution is -2.13. The fourth-order valence-electron chi connectivity index (χ4n) is 2.80. The van der Waals surface area contributed by atoms with E-state index in [-0.39, 0.29) is 11.8 Å². The van der Waals surface area contributed by atoms with E-state index < -0.39 is 0 Å². The molecule has 0 spiro atoms. The van der Waals surface area contributed by atoms with Crippen LogP contribution in [0.3, 0.4) is 0 Å². The Bertz CT molecular complexity index is 1200. The summed E-state index contributed by atoms with van der Waals surface area (Å²) < 4.78 is 6.10. The molecule has 7 nitrogen and oxygen atoms in total. The summed E-state index contributed by atoms with van der Waals surface area (Å²) in [6.07, 6.45) is 0. The van der Waals surface area contributed by atoms with E-state index in [0.29, 0.717) is 21.8 Å². The number of anilines is 3. The van der Waals surface area contributed by atoms with E-state index in [4.69, 9.17) is 4.74 Å². The minimum absolute atomic E-state index is 0.197. The van der Waals surface area contributed by atoms with Crippen LogP contribution in [0.25, 0.3) is 9.53 Å². The topological polar surface area (TPSA) is 83.6 Å². The van der Waals surface area contributed by atoms with Gasteiger partial charge in [-0.1, -0.05) is 11.3 Å². The third-order valence-corrected chi connectivity index (χ3v) is 6.76. The molecule has 158 valence electrons. The number of hydrogen-bond donors (Lipinski definition) is 2. The highest BCUT2D eigenvalue weighted by Gasteiger charge is 2.15. The van der Waals surface area contributed by atoms with Crippen LogP contribution in [-0.2, 0) is 0 Å². The SMILES string of the molecule is COc1ccc(NC(=O)c2ccc(NC(=O)c3cc4sc(N(C)C)nc4s3)cc2)cc1. The van der Waals surface area contributed by atoms with E-state index in [1.54, 1.807) is 67.0 Å². The highest BCUT2D eigenvalue weighted by Crippen LogP contribution is 2.34. The average Bonchev–Trinajstić information content (AvgIpc) is 3.34. The summed E-state index contributed by atoms with van der Waals surface area (Å²) in [4.78, 5) is 32.9. The van der Waals surface area contributed by atoms with Gasteiger partial charge in [-0.05, 0) is 54.6 Å². The zero-order valence-electron chi connectivity index (χ0n) is 17.1. The Labute approximate surface area is 187 Å². The van der Waals surface area contributed by atoms with Crippen molar-refractivity contribution < 1.29 is 14.3 Å². The number of nitrogens with zero attached hydrogens (tertiary/aromatic N) is 2. The molecule has 9 heteroatoms. The molecular formula is C22H20N4O3S2. The molecule has 4 rings (SSSR count). The summed E-state index contributed by atoms with van der Waals surface area (Å²) in [7, 11) is 5.47. The molecule has 31 heavy (non-hydrogen) atoms. The van der Waals surface area contributed by atoms with E-state index in [0.717, 1.165) is 20.4 Å². The third-order valence-electron chi connectivity index (χ3n) is 4.44. The second kappa shape index (κ2) is 8.75. The minimum atomic E-state index is -0.232. The second-order valence-electron chi connectivity index (χ2n) is 6.89. The van der Waals surface area contributed by atoms with Gasteiger partial charge >= 0.3 is 0 Å². The fraction of sp³-hybridized carbons (Fsp3) is 0.136. The van der Waals surface area contributed by atoms with Crippen molar-refractivity contribution in [2.24, 2.45) is 0 Å². The molecular weight excluding hydrogens is 432 g/mol. The summed E-state index contributed by atoms with van der Waals surface area (Å²) in [5.74, 6) is 0.291. The molecule has 0 atom stereocenters. The zero-order valence-corrected chi connectivity index (χ0v) is 18.8. The number of thiazole rings is 1. The first-order valence-corrected chi connectivity index (χ1v) is 11.0. The van der Waals surface area contributed by atoms with E-state index in [2.05, 4.69) is 15.6 Å². The number of nitrogens with one attached hydrogen (secondary N) is 2. The van der Waals surface area contributed by atoms with E-state index in [9.17, 15) is 9.59 Å². The number of carbonyl (C=O) groups is 2. The van der Waals surface area contributed by atoms with Crippen molar-refractivity contribution in [3.63, 3.8) is 0 Å². The highest BCUT2D eigenvalue weighted by atomic mass is 32.1. The maximum atomic E-state index is 12.6. The van der Waals surface area contributed by atoms with Gasteiger partial charge in [0.15, 0.2) is 5.13 Å². The first kappa shape index (κ1) is 20.8. The smallest absolute Gasteiger partial charge is 0.265 e. The Hall–Kier alpha value is -3.43. The van der Waals surface area contributed by atoms with E-state index in [1.807, 2.05) is 25.1 Å². The van der Waals surface area contributed by atoms with Crippen LogP contribution < -0.4 is 20.3 Å². The number of fused-ring (bicyclic) bond motifs is 1. The summed E-state index contributed by atoms with van der Waals surface area (Å²) in [5, 5.41) is 6.61. The van der Waals surface area contributed by atoms with Crippen LogP contribution in [0.5, 0.6) is 5.75 Å². The van der Waals surface area contributed by atoms with Crippen LogP contribution >= 0.6 is 22.7 Å². The van der Waals surface area contributed by atoms with Gasteiger partial charge in [-0.3, -0.25) is 9.59 Å². The lowest BCUT2D eigenvalue weighted by Gasteiger charge is -2.08. The lowest BCUT2D eigenvalue weighted by atomic mass is 10.2. The Morgan fingerprint density at radius 2 is 1.52 bits per heavy atom. The van der Waals surface area contributed by atoms with Crippen molar-refractivity contribution in [3.8, 4) is 5.75 Å². The zero-order chi connectivity index (χ0) is 22.0. The van der Waals surface area contributed by atoms with Gasteiger partial charge < -0.3 is 20.3 Å². The molecule has 0 unspecified atom stereocenters. The summed E-state index contributed by atoms with van der Waals surface area (Å²) in [6.45, 7) is 0. The third kappa shape index (κ3) is 4.68. The van der Waals surface area contributed by atoms with Gasteiger partial charge in [0, 0.05) is 31.0 Å². The molecule has 0 saturated heterocycles. The van der Waals surface area contributed by atoms with Gasteiger partial charge in [0.1, 0.15) is 10.6 Å². The number of amides is 2. The number of benzene rings is 2. The number of aromatic nitrogens is 1. The molecule has 2 heterocycles. The number of methoxy groups -OCH3 is 1. The molecule has 0 aliphatic heterocycles. The molecule has 2 aromatic heterocycles. The minimum Gasteiger partial charge on any atom is -0.497 e. The van der Waals surface area contributed by atoms with Crippen molar-refractivity contribution in [1.29, 1.82) is 0 Å². The molecule has 0 radical (unpaired) electrons. The number of carbonyl (C=O) groups excluding carboxylic acids is 2. The summed E-state index contributed by atoms with van der Waals surface area (Å²) >= 11 is 2.91. The van der Waals surface area contributed by atoms with Crippen molar-refractivity contribution in [2.75, 3.05) is 36.7 Å². The Morgan fingerprint density at radius 1 is 0.903 bits per heavy atom. The Kier molecular flexibility index (Phi) is 5.88. The normalized spacial score (nSPS) is 10.7. The Balaban J connectivity index is 1.39. The summed E-state index contributed by atoms with van der Waals surface area (Å²) in [5.41, 5.74) is 1.78. The lowest BCUT2D eigenvalue weighted by molar-refractivity contribution is 0.102. The van der Waals surface area contributed by atoms with Crippen LogP contribution in [0.2, 0.25) is 0 Å². The predicted molar refractivity (Wildman–Crippen MR) is 127 cm³/mol. The molecule has 0 bridgehead atoms. The molecule has 2 aromatic carbocycles. The number of hydrogen-bond acceptors (Lipinski definition) is 7. The maximum Gasteiger partial charge on any atom is 0.265 e. The van der Waals surface area contributed by atoms with Crippen molar-refractivity contribution in [3.05, 3.63) is 65.0 Å². The quantitative estimate of drug-likeness (QED) is 0.433. The van der Waals surface area contributed by atoms with Crippen LogP contribution in [-0.4, -0.2) is 38.0 Å². The number of ether oxygens (including phenoxy) is 1. The van der Waals surface area contributed by atoms with Crippen LogP contribution in [0.1, 0.15) is 20.0 Å². The molecule has 0 fully saturated rings. The van der Waals surface area contributed by atoms with Gasteiger partial charge in [0.05, 0.1) is 16.7 Å². The Morgan fingerprint density at radius 3 is 2.10 bits per heavy atom. The van der Waals surface area contributed by atoms with Gasteiger partial charge in [-0.25, -0.2) is 4.98 Å². The first-order chi connectivity index (χ1) is 14.9. The van der Waals surface area contributed by atoms with Crippen molar-refractivity contribution in [1.82, 2.24) is 4.98 Å². The highest BCUT2D eigenvalue weighted by molar-refractivity contribution is 7.29. The molecule has 0 saturated carbocycles. The number of rotatable bonds is 6. The van der Waals surface area contributed by atoms with Gasteiger partial charge in [-0.15, -0.1) is 11.3 Å². The van der Waals surface area contributed by atoms with Crippen LogP contribution in [0, 0.1) is 0 Å². The standard InChI is InChI=1S/C22H20N4O3S2/c1-26(2)22-25-21-18(31-22)12-17(30-21)20(28)24-14-6-4-13(5-7-14)19(27)23-15-8-10-16(29-3)11-9-15/h4-12H,1-3H3,(H,23,27)(H,24,28). The molecule has 2 N–H and O–H groups in total. The van der Waals surface area contributed by atoms with Crippen LogP contribution in [0.15, 0.2) is 54.6 Å². The van der Waals surface area contributed by atoms with Crippen molar-refractivity contribution >= 4 is 60.5 Å². The summed E-state index contributed by atoms with van der Waals surface area (Å²) in [6, 6.07) is 15.7.